The molecule has 0 aliphatic carbocycles. The minimum Gasteiger partial charge on any atom is -0.453 e. The molecule has 0 bridgehead atoms. The third kappa shape index (κ3) is 8.78. The molecule has 16 heteroatoms. The minimum absolute atomic E-state index is 0.0387. The second-order valence-corrected chi connectivity index (χ2v) is 16.5. The van der Waals surface area contributed by atoms with Crippen LogP contribution >= 0.6 is 0 Å². The molecule has 3 aliphatic heterocycles. The topological polar surface area (TPSA) is 197 Å². The maximum atomic E-state index is 14.0. The summed E-state index contributed by atoms with van der Waals surface area (Å²) in [5.74, 6) is 1.01. The molecule has 0 spiro atoms. The number of rotatable bonds is 11. The molecule has 0 saturated carbocycles. The Morgan fingerprint density at radius 2 is 1.25 bits per heavy atom. The van der Waals surface area contributed by atoms with Crippen LogP contribution in [0, 0.1) is 5.92 Å². The number of benzene rings is 3. The molecule has 9 rings (SSSR count). The van der Waals surface area contributed by atoms with Crippen LogP contribution in [0.4, 0.5) is 9.59 Å². The Morgan fingerprint density at radius 3 is 1.91 bits per heavy atom. The smallest absolute Gasteiger partial charge is 0.407 e. The van der Waals surface area contributed by atoms with Gasteiger partial charge in [-0.2, -0.15) is 0 Å². The number of nitrogens with zero attached hydrogens (tertiary/aromatic N) is 5. The van der Waals surface area contributed by atoms with Gasteiger partial charge in [0.15, 0.2) is 0 Å². The van der Waals surface area contributed by atoms with Crippen LogP contribution in [0.1, 0.15) is 73.9 Å². The van der Waals surface area contributed by atoms with E-state index in [4.69, 9.17) is 29.2 Å². The average Bonchev–Trinajstić information content (AvgIpc) is 4.20. The van der Waals surface area contributed by atoms with Gasteiger partial charge in [-0.25, -0.2) is 19.6 Å². The summed E-state index contributed by atoms with van der Waals surface area (Å²) in [6, 6.07) is 23.6. The first kappa shape index (κ1) is 42.2. The van der Waals surface area contributed by atoms with Crippen molar-refractivity contribution in [2.24, 2.45) is 5.92 Å². The lowest BCUT2D eigenvalue weighted by atomic mass is 9.90. The molecule has 6 heterocycles. The Bertz CT molecular complexity index is 2620. The minimum atomic E-state index is -0.886. The van der Waals surface area contributed by atoms with Gasteiger partial charge in [-0.05, 0) is 78.8 Å². The van der Waals surface area contributed by atoms with Crippen molar-refractivity contribution in [3.63, 3.8) is 0 Å². The van der Waals surface area contributed by atoms with Gasteiger partial charge in [-0.1, -0.05) is 66.7 Å². The highest BCUT2D eigenvalue weighted by Crippen LogP contribution is 2.36. The molecule has 4 atom stereocenters. The van der Waals surface area contributed by atoms with Gasteiger partial charge in [0.05, 0.1) is 55.6 Å². The number of nitrogens with one attached hydrogen (secondary N) is 4. The largest absolute Gasteiger partial charge is 0.453 e. The molecule has 3 saturated heterocycles. The number of methoxy groups -OCH3 is 2. The molecule has 16 nitrogen and oxygen atoms in total. The van der Waals surface area contributed by atoms with Crippen molar-refractivity contribution in [2.75, 3.05) is 40.5 Å². The fourth-order valence-corrected chi connectivity index (χ4v) is 9.30. The van der Waals surface area contributed by atoms with Crippen molar-refractivity contribution < 1.29 is 33.4 Å². The number of ether oxygens (including phenoxy) is 3. The van der Waals surface area contributed by atoms with Crippen molar-refractivity contribution >= 4 is 34.9 Å². The molecule has 330 valence electrons. The molecule has 4 amide bonds. The highest BCUT2D eigenvalue weighted by molar-refractivity contribution is 5.89. The predicted molar refractivity (Wildman–Crippen MR) is 237 cm³/mol. The second-order valence-electron chi connectivity index (χ2n) is 16.5. The summed E-state index contributed by atoms with van der Waals surface area (Å²) >= 11 is 0. The van der Waals surface area contributed by atoms with Crippen molar-refractivity contribution in [1.29, 1.82) is 0 Å². The van der Waals surface area contributed by atoms with Crippen LogP contribution in [0.5, 0.6) is 0 Å². The number of amides is 4. The summed E-state index contributed by atoms with van der Waals surface area (Å²) in [4.78, 5) is 77.3. The molecule has 0 radical (unpaired) electrons. The monoisotopic (exact) mass is 865 g/mol. The maximum Gasteiger partial charge on any atom is 0.407 e. The molecule has 3 fully saturated rings. The summed E-state index contributed by atoms with van der Waals surface area (Å²) in [6.45, 7) is 2.23. The van der Waals surface area contributed by atoms with Gasteiger partial charge in [0.2, 0.25) is 5.91 Å². The zero-order valence-corrected chi connectivity index (χ0v) is 35.8. The number of hydrogen-bond donors (Lipinski definition) is 4. The van der Waals surface area contributed by atoms with E-state index in [0.717, 1.165) is 70.2 Å². The summed E-state index contributed by atoms with van der Waals surface area (Å²) in [5, 5.41) is 6.50. The van der Waals surface area contributed by atoms with Gasteiger partial charge < -0.3 is 44.6 Å². The number of fused-ring (bicyclic) bond motifs is 1. The van der Waals surface area contributed by atoms with Crippen LogP contribution in [0.15, 0.2) is 97.5 Å². The molecule has 6 aromatic rings. The lowest BCUT2D eigenvalue weighted by Crippen LogP contribution is -2.53. The summed E-state index contributed by atoms with van der Waals surface area (Å²) in [7, 11) is 2.58. The fourth-order valence-electron chi connectivity index (χ4n) is 9.30. The van der Waals surface area contributed by atoms with E-state index in [-0.39, 0.29) is 29.8 Å². The fraction of sp³-hybridized carbons (Fsp3) is 0.354. The molecule has 3 aliphatic rings. The first-order valence-electron chi connectivity index (χ1n) is 21.8. The summed E-state index contributed by atoms with van der Waals surface area (Å²) in [5.41, 5.74) is 7.05. The standard InChI is InChI=1S/C48H51N9O7/c1-62-47(60)54-41(31-8-4-3-5-9-31)45(58)56-20-6-10-39(56)43-50-27-37(52-43)30-14-12-29(13-15-30)33-16-17-34-24-35(26-49-36(34)25-33)38-28-51-44(53-38)40-11-7-21-57(40)46(59)42(55-48(61)63-2)32-18-22-64-23-19-32/h3-5,8-9,12-17,24-28,32,39-42H,6-7,10-11,18-23H2,1-2H3,(H,50,52)(H,51,53)(H,54,60)(H,55,61). The van der Waals surface area contributed by atoms with Crippen molar-refractivity contribution in [3.8, 4) is 33.6 Å². The second kappa shape index (κ2) is 18.7. The Morgan fingerprint density at radius 1 is 0.656 bits per heavy atom. The van der Waals surface area contributed by atoms with Gasteiger partial charge in [0.1, 0.15) is 23.7 Å². The van der Waals surface area contributed by atoms with Crippen LogP contribution in [0.2, 0.25) is 0 Å². The summed E-state index contributed by atoms with van der Waals surface area (Å²) in [6.07, 6.45) is 8.64. The average molecular weight is 866 g/mol. The third-order valence-corrected chi connectivity index (χ3v) is 12.7. The maximum absolute atomic E-state index is 14.0. The first-order chi connectivity index (χ1) is 31.3. The summed E-state index contributed by atoms with van der Waals surface area (Å²) < 4.78 is 15.2. The van der Waals surface area contributed by atoms with Gasteiger partial charge in [0.25, 0.3) is 5.91 Å². The number of alkyl carbamates (subject to hydrolysis) is 2. The zero-order chi connectivity index (χ0) is 44.2. The highest BCUT2D eigenvalue weighted by atomic mass is 16.5. The number of hydrogen-bond acceptors (Lipinski definition) is 10. The normalized spacial score (nSPS) is 18.7. The van der Waals surface area contributed by atoms with Crippen LogP contribution in [0.3, 0.4) is 0 Å². The molecular formula is C48H51N9O7. The molecule has 4 unspecified atom stereocenters. The Kier molecular flexibility index (Phi) is 12.4. The number of aromatic amines is 2. The van der Waals surface area contributed by atoms with E-state index in [1.54, 1.807) is 17.3 Å². The number of imidazole rings is 2. The predicted octanol–water partition coefficient (Wildman–Crippen LogP) is 7.26. The number of pyridine rings is 1. The Hall–Kier alpha value is -7.07. The number of H-pyrrole nitrogens is 2. The molecular weight excluding hydrogens is 815 g/mol. The third-order valence-electron chi connectivity index (χ3n) is 12.7. The van der Waals surface area contributed by atoms with E-state index in [1.807, 2.05) is 53.6 Å². The number of carbonyl (C=O) groups is 4. The van der Waals surface area contributed by atoms with Gasteiger partial charge in [-0.3, -0.25) is 14.6 Å². The van der Waals surface area contributed by atoms with E-state index < -0.39 is 24.3 Å². The molecule has 3 aromatic heterocycles. The SMILES string of the molecule is COC(=O)NC(C(=O)N1CCCC1c1ncc(-c2ccc(-c3ccc4cc(-c5cnc(C6CCCN6C(=O)C(NC(=O)OC)C6CCOCC6)[nH]5)cnc4c3)cc2)[nH]1)c1ccccc1. The van der Waals surface area contributed by atoms with Crippen LogP contribution in [-0.2, 0) is 23.8 Å². The van der Waals surface area contributed by atoms with Crippen LogP contribution < -0.4 is 10.6 Å². The lowest BCUT2D eigenvalue weighted by molar-refractivity contribution is -0.137. The van der Waals surface area contributed by atoms with Crippen molar-refractivity contribution in [3.05, 3.63) is 115 Å². The molecule has 4 N–H and O–H groups in total. The molecule has 3 aromatic carbocycles. The van der Waals surface area contributed by atoms with Gasteiger partial charge in [0, 0.05) is 43.4 Å². The lowest BCUT2D eigenvalue weighted by Gasteiger charge is -2.34. The number of aromatic nitrogens is 5. The van der Waals surface area contributed by atoms with E-state index in [0.29, 0.717) is 56.4 Å². The molecule has 64 heavy (non-hydrogen) atoms. The zero-order valence-electron chi connectivity index (χ0n) is 35.8. The van der Waals surface area contributed by atoms with E-state index >= 15 is 0 Å². The number of carbonyl (C=O) groups excluding carboxylic acids is 4. The van der Waals surface area contributed by atoms with Gasteiger partial charge >= 0.3 is 12.2 Å². The van der Waals surface area contributed by atoms with E-state index in [9.17, 15) is 19.2 Å². The van der Waals surface area contributed by atoms with Crippen LogP contribution in [-0.4, -0.2) is 105 Å². The van der Waals surface area contributed by atoms with Crippen molar-refractivity contribution in [2.45, 2.75) is 62.7 Å². The quantitative estimate of drug-likeness (QED) is 0.103. The highest BCUT2D eigenvalue weighted by Gasteiger charge is 2.40. The van der Waals surface area contributed by atoms with Crippen molar-refractivity contribution in [1.82, 2.24) is 45.4 Å². The number of likely N-dealkylation sites (tertiary alicyclic amines) is 2. The van der Waals surface area contributed by atoms with Gasteiger partial charge in [-0.15, -0.1) is 0 Å². The van der Waals surface area contributed by atoms with E-state index in [2.05, 4.69) is 57.0 Å². The Balaban J connectivity index is 0.868. The Labute approximate surface area is 370 Å². The van der Waals surface area contributed by atoms with E-state index in [1.165, 1.54) is 14.2 Å². The van der Waals surface area contributed by atoms with Crippen LogP contribution in [0.25, 0.3) is 44.5 Å². The first-order valence-corrected chi connectivity index (χ1v) is 21.8.